The molecule has 3 rings (SSSR count). The van der Waals surface area contributed by atoms with Crippen LogP contribution in [-0.2, 0) is 19.4 Å². The molecular formula is C15H17FN2O4S. The van der Waals surface area contributed by atoms with Crippen LogP contribution in [0, 0.1) is 5.82 Å². The number of fused-ring (bicyclic) bond motifs is 1. The van der Waals surface area contributed by atoms with Crippen molar-refractivity contribution in [3.8, 4) is 0 Å². The van der Waals surface area contributed by atoms with Crippen molar-refractivity contribution in [2.75, 3.05) is 23.9 Å². The summed E-state index contributed by atoms with van der Waals surface area (Å²) in [4.78, 5) is 26.0. The lowest BCUT2D eigenvalue weighted by Crippen LogP contribution is -2.42. The number of amides is 2. The minimum Gasteiger partial charge on any atom is -0.341 e. The van der Waals surface area contributed by atoms with Gasteiger partial charge in [0, 0.05) is 25.2 Å². The van der Waals surface area contributed by atoms with Crippen molar-refractivity contribution in [1.82, 2.24) is 4.90 Å². The first kappa shape index (κ1) is 15.9. The van der Waals surface area contributed by atoms with Gasteiger partial charge < -0.3 is 10.2 Å². The van der Waals surface area contributed by atoms with Gasteiger partial charge in [0.1, 0.15) is 5.82 Å². The standard InChI is InChI=1S/C15H17FN2O4S/c1-18(10-4-5-23(21,22)8-10)15(20)12-7-14(19)17-13-6-9(16)2-3-11(12)13/h2-3,6,10,12H,4-5,7-8H2,1H3,(H,17,19). The molecule has 2 unspecified atom stereocenters. The van der Waals surface area contributed by atoms with Crippen LogP contribution in [0.5, 0.6) is 0 Å². The number of sulfone groups is 1. The molecule has 1 aromatic carbocycles. The quantitative estimate of drug-likeness (QED) is 0.867. The molecule has 2 heterocycles. The maximum absolute atomic E-state index is 13.3. The zero-order chi connectivity index (χ0) is 16.8. The monoisotopic (exact) mass is 340 g/mol. The largest absolute Gasteiger partial charge is 0.341 e. The van der Waals surface area contributed by atoms with E-state index in [1.807, 2.05) is 0 Å². The van der Waals surface area contributed by atoms with Gasteiger partial charge in [-0.15, -0.1) is 0 Å². The lowest BCUT2D eigenvalue weighted by molar-refractivity contribution is -0.135. The molecule has 23 heavy (non-hydrogen) atoms. The summed E-state index contributed by atoms with van der Waals surface area (Å²) in [6, 6.07) is 3.55. The second kappa shape index (κ2) is 5.59. The van der Waals surface area contributed by atoms with Gasteiger partial charge in [-0.05, 0) is 24.1 Å². The van der Waals surface area contributed by atoms with Crippen molar-refractivity contribution in [2.24, 2.45) is 0 Å². The number of likely N-dealkylation sites (N-methyl/N-ethyl adjacent to an activating group) is 1. The molecule has 0 aliphatic carbocycles. The summed E-state index contributed by atoms with van der Waals surface area (Å²) < 4.78 is 36.5. The predicted octanol–water partition coefficient (Wildman–Crippen LogP) is 0.897. The van der Waals surface area contributed by atoms with E-state index in [9.17, 15) is 22.4 Å². The van der Waals surface area contributed by atoms with Crippen LogP contribution in [0.4, 0.5) is 10.1 Å². The molecule has 1 saturated heterocycles. The number of rotatable bonds is 2. The minimum absolute atomic E-state index is 0.0265. The highest BCUT2D eigenvalue weighted by Crippen LogP contribution is 2.34. The maximum Gasteiger partial charge on any atom is 0.230 e. The highest BCUT2D eigenvalue weighted by molar-refractivity contribution is 7.91. The SMILES string of the molecule is CN(C(=O)C1CC(=O)Nc2cc(F)ccc21)C1CCS(=O)(=O)C1. The van der Waals surface area contributed by atoms with Crippen LogP contribution in [0.3, 0.4) is 0 Å². The maximum atomic E-state index is 13.3. The number of hydrogen-bond acceptors (Lipinski definition) is 4. The number of nitrogens with zero attached hydrogens (tertiary/aromatic N) is 1. The van der Waals surface area contributed by atoms with Crippen molar-refractivity contribution >= 4 is 27.3 Å². The van der Waals surface area contributed by atoms with Gasteiger partial charge in [0.25, 0.3) is 0 Å². The Balaban J connectivity index is 1.87. The van der Waals surface area contributed by atoms with E-state index in [4.69, 9.17) is 0 Å². The Morgan fingerprint density at radius 2 is 2.13 bits per heavy atom. The molecule has 8 heteroatoms. The molecule has 1 fully saturated rings. The third-order valence-electron chi connectivity index (χ3n) is 4.46. The lowest BCUT2D eigenvalue weighted by atomic mass is 9.89. The van der Waals surface area contributed by atoms with Crippen molar-refractivity contribution in [1.29, 1.82) is 0 Å². The molecule has 2 amide bonds. The number of anilines is 1. The highest BCUT2D eigenvalue weighted by atomic mass is 32.2. The van der Waals surface area contributed by atoms with E-state index in [1.54, 1.807) is 7.05 Å². The zero-order valence-electron chi connectivity index (χ0n) is 12.6. The molecule has 1 N–H and O–H groups in total. The van der Waals surface area contributed by atoms with Crippen molar-refractivity contribution < 1.29 is 22.4 Å². The fraction of sp³-hybridized carbons (Fsp3) is 0.467. The average molecular weight is 340 g/mol. The van der Waals surface area contributed by atoms with Crippen molar-refractivity contribution in [3.05, 3.63) is 29.6 Å². The van der Waals surface area contributed by atoms with Crippen molar-refractivity contribution in [2.45, 2.75) is 24.8 Å². The van der Waals surface area contributed by atoms with Crippen LogP contribution in [0.25, 0.3) is 0 Å². The fourth-order valence-corrected chi connectivity index (χ4v) is 4.94. The van der Waals surface area contributed by atoms with Gasteiger partial charge in [-0.3, -0.25) is 9.59 Å². The Morgan fingerprint density at radius 1 is 1.39 bits per heavy atom. The number of hydrogen-bond donors (Lipinski definition) is 1. The Hall–Kier alpha value is -1.96. The van der Waals surface area contributed by atoms with Gasteiger partial charge >= 0.3 is 0 Å². The first-order valence-electron chi connectivity index (χ1n) is 7.33. The lowest BCUT2D eigenvalue weighted by Gasteiger charge is -2.31. The van der Waals surface area contributed by atoms with Gasteiger partial charge in [-0.1, -0.05) is 6.07 Å². The molecule has 0 aromatic heterocycles. The molecule has 0 spiro atoms. The summed E-state index contributed by atoms with van der Waals surface area (Å²) in [5.41, 5.74) is 0.857. The number of halogens is 1. The van der Waals surface area contributed by atoms with E-state index in [0.717, 1.165) is 0 Å². The number of benzene rings is 1. The molecule has 2 aliphatic rings. The van der Waals surface area contributed by atoms with E-state index in [2.05, 4.69) is 5.32 Å². The van der Waals surface area contributed by atoms with E-state index in [0.29, 0.717) is 17.7 Å². The molecule has 1 aromatic rings. The van der Waals surface area contributed by atoms with Crippen LogP contribution in [0.1, 0.15) is 24.3 Å². The smallest absolute Gasteiger partial charge is 0.230 e. The molecular weight excluding hydrogens is 323 g/mol. The third kappa shape index (κ3) is 3.08. The summed E-state index contributed by atoms with van der Waals surface area (Å²) >= 11 is 0. The predicted molar refractivity (Wildman–Crippen MR) is 82.2 cm³/mol. The van der Waals surface area contributed by atoms with Crippen LogP contribution >= 0.6 is 0 Å². The molecule has 124 valence electrons. The number of carbonyl (C=O) groups is 2. The normalized spacial score (nSPS) is 25.6. The second-order valence-electron chi connectivity index (χ2n) is 6.04. The molecule has 0 radical (unpaired) electrons. The molecule has 0 saturated carbocycles. The Bertz CT molecular complexity index is 778. The zero-order valence-corrected chi connectivity index (χ0v) is 13.4. The second-order valence-corrected chi connectivity index (χ2v) is 8.27. The van der Waals surface area contributed by atoms with Gasteiger partial charge in [-0.2, -0.15) is 0 Å². The topological polar surface area (TPSA) is 83.6 Å². The van der Waals surface area contributed by atoms with E-state index < -0.39 is 21.6 Å². The Morgan fingerprint density at radius 3 is 2.78 bits per heavy atom. The van der Waals surface area contributed by atoms with Gasteiger partial charge in [0.2, 0.25) is 11.8 Å². The Kier molecular flexibility index (Phi) is 3.87. The Labute approximate surface area is 133 Å². The summed E-state index contributed by atoms with van der Waals surface area (Å²) in [6.07, 6.45) is 0.376. The minimum atomic E-state index is -3.10. The van der Waals surface area contributed by atoms with Crippen LogP contribution in [-0.4, -0.2) is 49.7 Å². The fourth-order valence-electron chi connectivity index (χ4n) is 3.16. The van der Waals surface area contributed by atoms with Gasteiger partial charge in [0.05, 0.1) is 17.4 Å². The first-order valence-corrected chi connectivity index (χ1v) is 9.15. The molecule has 6 nitrogen and oxygen atoms in total. The number of carbonyl (C=O) groups excluding carboxylic acids is 2. The first-order chi connectivity index (χ1) is 10.8. The number of nitrogens with one attached hydrogen (secondary N) is 1. The van der Waals surface area contributed by atoms with Crippen LogP contribution < -0.4 is 5.32 Å². The average Bonchev–Trinajstić information content (AvgIpc) is 2.84. The van der Waals surface area contributed by atoms with Crippen molar-refractivity contribution in [3.63, 3.8) is 0 Å². The molecule has 2 atom stereocenters. The van der Waals surface area contributed by atoms with E-state index >= 15 is 0 Å². The summed E-state index contributed by atoms with van der Waals surface area (Å²) in [7, 11) is -1.55. The third-order valence-corrected chi connectivity index (χ3v) is 6.21. The van der Waals surface area contributed by atoms with Gasteiger partial charge in [-0.25, -0.2) is 12.8 Å². The van der Waals surface area contributed by atoms with Gasteiger partial charge in [0.15, 0.2) is 9.84 Å². The molecule has 2 aliphatic heterocycles. The summed E-state index contributed by atoms with van der Waals surface area (Å²) in [6.45, 7) is 0. The summed E-state index contributed by atoms with van der Waals surface area (Å²) in [5, 5.41) is 2.56. The van der Waals surface area contributed by atoms with E-state index in [-0.39, 0.29) is 35.8 Å². The van der Waals surface area contributed by atoms with E-state index in [1.165, 1.54) is 23.1 Å². The highest BCUT2D eigenvalue weighted by Gasteiger charge is 2.38. The molecule has 0 bridgehead atoms. The van der Waals surface area contributed by atoms with Crippen LogP contribution in [0.2, 0.25) is 0 Å². The summed E-state index contributed by atoms with van der Waals surface area (Å²) in [5.74, 6) is -1.85. The van der Waals surface area contributed by atoms with Crippen LogP contribution in [0.15, 0.2) is 18.2 Å².